The van der Waals surface area contributed by atoms with E-state index in [0.29, 0.717) is 12.0 Å². The van der Waals surface area contributed by atoms with Gasteiger partial charge in [-0.15, -0.1) is 0 Å². The molecule has 1 aromatic rings. The molecule has 0 saturated carbocycles. The van der Waals surface area contributed by atoms with Crippen LogP contribution in [0.5, 0.6) is 0 Å². The number of aromatic amines is 1. The second-order valence-electron chi connectivity index (χ2n) is 4.47. The number of H-pyrrole nitrogens is 1. The van der Waals surface area contributed by atoms with Gasteiger partial charge in [0.1, 0.15) is 11.9 Å². The monoisotopic (exact) mass is 250 g/mol. The summed E-state index contributed by atoms with van der Waals surface area (Å²) in [5.41, 5.74) is 1.28. The van der Waals surface area contributed by atoms with Gasteiger partial charge in [-0.05, 0) is 19.8 Å². The molecule has 0 aliphatic carbocycles. The van der Waals surface area contributed by atoms with Crippen LogP contribution in [-0.4, -0.2) is 15.9 Å². The van der Waals surface area contributed by atoms with Crippen molar-refractivity contribution < 1.29 is 9.53 Å². The summed E-state index contributed by atoms with van der Waals surface area (Å²) in [5, 5.41) is 0. The van der Waals surface area contributed by atoms with Crippen molar-refractivity contribution in [2.24, 2.45) is 0 Å². The molecule has 0 aliphatic rings. The van der Waals surface area contributed by atoms with Gasteiger partial charge in [0, 0.05) is 12.0 Å². The Hall–Kier alpha value is -1.58. The van der Waals surface area contributed by atoms with Gasteiger partial charge in [0.25, 0.3) is 0 Å². The molecule has 1 rings (SSSR count). The number of carbonyl (C=O) groups is 1. The Labute approximate surface area is 108 Å². The smallest absolute Gasteiger partial charge is 0.333 e. The van der Waals surface area contributed by atoms with Crippen LogP contribution in [0.4, 0.5) is 0 Å². The molecule has 18 heavy (non-hydrogen) atoms. The Bertz CT molecular complexity index is 410. The summed E-state index contributed by atoms with van der Waals surface area (Å²) < 4.78 is 5.36. The van der Waals surface area contributed by atoms with Gasteiger partial charge in [0.15, 0.2) is 0 Å². The van der Waals surface area contributed by atoms with E-state index in [1.54, 1.807) is 13.1 Å². The molecule has 4 heteroatoms. The summed E-state index contributed by atoms with van der Waals surface area (Å²) >= 11 is 0. The van der Waals surface area contributed by atoms with Crippen LogP contribution >= 0.6 is 0 Å². The number of carbonyl (C=O) groups excluding carboxylic acids is 1. The summed E-state index contributed by atoms with van der Waals surface area (Å²) in [6, 6.07) is 0. The Morgan fingerprint density at radius 1 is 1.56 bits per heavy atom. The van der Waals surface area contributed by atoms with Crippen LogP contribution in [0, 0.1) is 0 Å². The predicted molar refractivity (Wildman–Crippen MR) is 71.1 cm³/mol. The first-order valence-electron chi connectivity index (χ1n) is 6.48. The number of nitrogens with zero attached hydrogens (tertiary/aromatic N) is 1. The third kappa shape index (κ3) is 4.02. The topological polar surface area (TPSA) is 55.0 Å². The van der Waals surface area contributed by atoms with E-state index in [4.69, 9.17) is 4.74 Å². The number of imidazole rings is 1. The number of nitrogens with one attached hydrogen (secondary N) is 1. The third-order valence-corrected chi connectivity index (χ3v) is 2.73. The van der Waals surface area contributed by atoms with Gasteiger partial charge >= 0.3 is 5.97 Å². The average Bonchev–Trinajstić information content (AvgIpc) is 2.81. The summed E-state index contributed by atoms with van der Waals surface area (Å²) in [6.45, 7) is 9.35. The highest BCUT2D eigenvalue weighted by molar-refractivity contribution is 5.87. The summed E-state index contributed by atoms with van der Waals surface area (Å²) in [7, 11) is 0. The van der Waals surface area contributed by atoms with Gasteiger partial charge in [-0.3, -0.25) is 0 Å². The zero-order chi connectivity index (χ0) is 13.5. The quantitative estimate of drug-likeness (QED) is 0.596. The lowest BCUT2D eigenvalue weighted by atomic mass is 10.2. The van der Waals surface area contributed by atoms with Crippen LogP contribution in [0.1, 0.15) is 57.7 Å². The van der Waals surface area contributed by atoms with Crippen molar-refractivity contribution in [2.75, 3.05) is 0 Å². The highest BCUT2D eigenvalue weighted by Crippen LogP contribution is 2.20. The summed E-state index contributed by atoms with van der Waals surface area (Å²) in [6.07, 6.45) is 5.38. The van der Waals surface area contributed by atoms with Gasteiger partial charge in [-0.2, -0.15) is 0 Å². The zero-order valence-electron chi connectivity index (χ0n) is 11.5. The van der Waals surface area contributed by atoms with E-state index in [-0.39, 0.29) is 12.1 Å². The minimum atomic E-state index is -0.355. The molecule has 0 saturated heterocycles. The fraction of sp³-hybridized carbons (Fsp3) is 0.571. The fourth-order valence-electron chi connectivity index (χ4n) is 1.61. The Morgan fingerprint density at radius 3 is 2.83 bits per heavy atom. The van der Waals surface area contributed by atoms with Gasteiger partial charge in [0.2, 0.25) is 0 Å². The number of ether oxygens (including phenoxy) is 1. The number of hydrogen-bond donors (Lipinski definition) is 1. The maximum atomic E-state index is 11.5. The molecule has 1 atom stereocenters. The van der Waals surface area contributed by atoms with Crippen LogP contribution in [0.2, 0.25) is 0 Å². The highest BCUT2D eigenvalue weighted by atomic mass is 16.5. The van der Waals surface area contributed by atoms with Crippen molar-refractivity contribution >= 4 is 5.97 Å². The summed E-state index contributed by atoms with van der Waals surface area (Å²) in [4.78, 5) is 19.0. The van der Waals surface area contributed by atoms with Crippen LogP contribution in [-0.2, 0) is 16.0 Å². The average molecular weight is 250 g/mol. The van der Waals surface area contributed by atoms with E-state index in [9.17, 15) is 4.79 Å². The number of esters is 1. The van der Waals surface area contributed by atoms with Gasteiger partial charge < -0.3 is 9.72 Å². The first kappa shape index (κ1) is 14.5. The first-order valence-corrected chi connectivity index (χ1v) is 6.48. The molecule has 0 amide bonds. The van der Waals surface area contributed by atoms with E-state index >= 15 is 0 Å². The van der Waals surface area contributed by atoms with Crippen molar-refractivity contribution in [3.05, 3.63) is 29.9 Å². The largest absolute Gasteiger partial charge is 0.453 e. The standard InChI is InChI=1S/C14H22N2O2/c1-5-7-8-13-15-9-11(16-13)12(6-2)18-14(17)10(3)4/h9,12H,3,5-8H2,1-2,4H3,(H,15,16). The molecular formula is C14H22N2O2. The predicted octanol–water partition coefficient (Wildman–Crippen LogP) is 3.32. The molecule has 0 spiro atoms. The molecule has 1 heterocycles. The van der Waals surface area contributed by atoms with Crippen LogP contribution in [0.3, 0.4) is 0 Å². The zero-order valence-corrected chi connectivity index (χ0v) is 11.5. The summed E-state index contributed by atoms with van der Waals surface area (Å²) in [5.74, 6) is 0.600. The minimum absolute atomic E-state index is 0.267. The van der Waals surface area contributed by atoms with Crippen molar-refractivity contribution in [1.29, 1.82) is 0 Å². The fourth-order valence-corrected chi connectivity index (χ4v) is 1.61. The lowest BCUT2D eigenvalue weighted by molar-refractivity contribution is -0.144. The van der Waals surface area contributed by atoms with Crippen LogP contribution < -0.4 is 0 Å². The molecule has 100 valence electrons. The van der Waals surface area contributed by atoms with E-state index in [0.717, 1.165) is 30.8 Å². The number of aryl methyl sites for hydroxylation is 1. The molecule has 1 N–H and O–H groups in total. The number of unbranched alkanes of at least 4 members (excludes halogenated alkanes) is 1. The Balaban J connectivity index is 2.67. The normalized spacial score (nSPS) is 12.2. The molecule has 1 aromatic heterocycles. The molecule has 0 fully saturated rings. The van der Waals surface area contributed by atoms with Crippen molar-refractivity contribution in [1.82, 2.24) is 9.97 Å². The van der Waals surface area contributed by atoms with Crippen molar-refractivity contribution in [3.63, 3.8) is 0 Å². The second-order valence-corrected chi connectivity index (χ2v) is 4.47. The Kier molecular flexibility index (Phi) is 5.62. The molecule has 0 radical (unpaired) electrons. The maximum absolute atomic E-state index is 11.5. The van der Waals surface area contributed by atoms with E-state index < -0.39 is 0 Å². The van der Waals surface area contributed by atoms with Gasteiger partial charge in [-0.1, -0.05) is 26.8 Å². The first-order chi connectivity index (χ1) is 8.58. The number of rotatable bonds is 7. The molecule has 0 aliphatic heterocycles. The SMILES string of the molecule is C=C(C)C(=O)OC(CC)c1cnc(CCCC)[nH]1. The lowest BCUT2D eigenvalue weighted by Crippen LogP contribution is -2.11. The Morgan fingerprint density at radius 2 is 2.28 bits per heavy atom. The number of aromatic nitrogens is 2. The van der Waals surface area contributed by atoms with Gasteiger partial charge in [-0.25, -0.2) is 9.78 Å². The maximum Gasteiger partial charge on any atom is 0.333 e. The van der Waals surface area contributed by atoms with Crippen LogP contribution in [0.15, 0.2) is 18.3 Å². The van der Waals surface area contributed by atoms with Crippen LogP contribution in [0.25, 0.3) is 0 Å². The molecule has 0 aromatic carbocycles. The van der Waals surface area contributed by atoms with E-state index in [1.807, 2.05) is 6.92 Å². The third-order valence-electron chi connectivity index (χ3n) is 2.73. The minimum Gasteiger partial charge on any atom is -0.453 e. The van der Waals surface area contributed by atoms with Crippen molar-refractivity contribution in [3.8, 4) is 0 Å². The second kappa shape index (κ2) is 6.99. The van der Waals surface area contributed by atoms with Crippen molar-refractivity contribution in [2.45, 2.75) is 52.6 Å². The highest BCUT2D eigenvalue weighted by Gasteiger charge is 2.17. The van der Waals surface area contributed by atoms with E-state index in [1.165, 1.54) is 0 Å². The van der Waals surface area contributed by atoms with Gasteiger partial charge in [0.05, 0.1) is 11.9 Å². The van der Waals surface area contributed by atoms with E-state index in [2.05, 4.69) is 23.5 Å². The molecule has 0 bridgehead atoms. The number of hydrogen-bond acceptors (Lipinski definition) is 3. The molecular weight excluding hydrogens is 228 g/mol. The molecule has 4 nitrogen and oxygen atoms in total. The molecule has 1 unspecified atom stereocenters. The lowest BCUT2D eigenvalue weighted by Gasteiger charge is -2.14.